The number of hydrogen-bond acceptors (Lipinski definition) is 5. The third kappa shape index (κ3) is 1.20. The van der Waals surface area contributed by atoms with Crippen molar-refractivity contribution in [2.75, 3.05) is 13.9 Å². The number of ether oxygens (including phenoxy) is 3. The Bertz CT molecular complexity index is 390. The molecule has 0 radical (unpaired) electrons. The largest absolute Gasteiger partial charge is 0.490 e. The molecule has 0 fully saturated rings. The minimum Gasteiger partial charge on any atom is -0.490 e. The average molecular weight is 197 g/mol. The fraction of sp³-hybridized carbons (Fsp3) is 0.250. The van der Waals surface area contributed by atoms with Gasteiger partial charge in [0, 0.05) is 6.07 Å². The van der Waals surface area contributed by atoms with Gasteiger partial charge in [0.1, 0.15) is 0 Å². The Morgan fingerprint density at radius 2 is 2.07 bits per heavy atom. The van der Waals surface area contributed by atoms with Crippen LogP contribution in [0.5, 0.6) is 17.2 Å². The molecule has 2 rings (SSSR count). The molecule has 0 saturated heterocycles. The summed E-state index contributed by atoms with van der Waals surface area (Å²) in [6.45, 7) is 0.0830. The van der Waals surface area contributed by atoms with Crippen LogP contribution in [0, 0.1) is 10.1 Å². The van der Waals surface area contributed by atoms with E-state index in [0.29, 0.717) is 11.5 Å². The predicted octanol–water partition coefficient (Wildman–Crippen LogP) is 1.33. The number of nitro benzene ring substituents is 1. The molecule has 1 heterocycles. The summed E-state index contributed by atoms with van der Waals surface area (Å²) in [7, 11) is 1.37. The molecule has 0 bridgehead atoms. The van der Waals surface area contributed by atoms with Gasteiger partial charge in [-0.3, -0.25) is 10.1 Å². The Morgan fingerprint density at radius 1 is 1.43 bits per heavy atom. The van der Waals surface area contributed by atoms with E-state index in [1.165, 1.54) is 19.2 Å². The van der Waals surface area contributed by atoms with Gasteiger partial charge in [-0.25, -0.2) is 0 Å². The van der Waals surface area contributed by atoms with Gasteiger partial charge in [-0.05, 0) is 0 Å². The molecule has 1 aliphatic heterocycles. The van der Waals surface area contributed by atoms with Crippen molar-refractivity contribution in [1.82, 2.24) is 0 Å². The van der Waals surface area contributed by atoms with E-state index in [0.717, 1.165) is 0 Å². The number of benzene rings is 1. The summed E-state index contributed by atoms with van der Waals surface area (Å²) in [6, 6.07) is 2.74. The highest BCUT2D eigenvalue weighted by Gasteiger charge is 2.23. The molecule has 0 atom stereocenters. The number of methoxy groups -OCH3 is 1. The van der Waals surface area contributed by atoms with Crippen LogP contribution < -0.4 is 14.2 Å². The van der Waals surface area contributed by atoms with E-state index in [9.17, 15) is 10.1 Å². The van der Waals surface area contributed by atoms with E-state index < -0.39 is 4.92 Å². The molecule has 1 aromatic rings. The number of nitro groups is 1. The Labute approximate surface area is 79.1 Å². The fourth-order valence-electron chi connectivity index (χ4n) is 1.22. The molecule has 0 aromatic heterocycles. The molecule has 0 N–H and O–H groups in total. The van der Waals surface area contributed by atoms with Crippen molar-refractivity contribution in [2.24, 2.45) is 0 Å². The van der Waals surface area contributed by atoms with Crippen molar-refractivity contribution >= 4 is 5.69 Å². The summed E-state index contributed by atoms with van der Waals surface area (Å²) >= 11 is 0. The number of hydrogen-bond donors (Lipinski definition) is 0. The van der Waals surface area contributed by atoms with Gasteiger partial charge >= 0.3 is 5.69 Å². The summed E-state index contributed by atoms with van der Waals surface area (Å²) in [5, 5.41) is 10.6. The molecular formula is C8H7NO5. The SMILES string of the molecule is COc1cc2c(cc1[N+](=O)[O-])OCO2. The zero-order valence-corrected chi connectivity index (χ0v) is 7.35. The Balaban J connectivity index is 2.54. The third-order valence-electron chi connectivity index (χ3n) is 1.87. The van der Waals surface area contributed by atoms with E-state index >= 15 is 0 Å². The smallest absolute Gasteiger partial charge is 0.314 e. The van der Waals surface area contributed by atoms with E-state index in [4.69, 9.17) is 14.2 Å². The summed E-state index contributed by atoms with van der Waals surface area (Å²) < 4.78 is 14.9. The van der Waals surface area contributed by atoms with E-state index in [-0.39, 0.29) is 18.2 Å². The monoisotopic (exact) mass is 197 g/mol. The van der Waals surface area contributed by atoms with E-state index in [1.807, 2.05) is 0 Å². The van der Waals surface area contributed by atoms with Gasteiger partial charge in [-0.15, -0.1) is 0 Å². The highest BCUT2D eigenvalue weighted by molar-refractivity contribution is 5.58. The van der Waals surface area contributed by atoms with Crippen LogP contribution in [-0.4, -0.2) is 18.8 Å². The first-order valence-corrected chi connectivity index (χ1v) is 3.84. The van der Waals surface area contributed by atoms with Crippen molar-refractivity contribution in [3.8, 4) is 17.2 Å². The maximum atomic E-state index is 10.6. The van der Waals surface area contributed by atoms with Crippen LogP contribution in [0.4, 0.5) is 5.69 Å². The zero-order chi connectivity index (χ0) is 10.1. The minimum absolute atomic E-state index is 0.0830. The van der Waals surface area contributed by atoms with Crippen molar-refractivity contribution in [2.45, 2.75) is 0 Å². The second kappa shape index (κ2) is 3.06. The number of nitrogens with zero attached hydrogens (tertiary/aromatic N) is 1. The van der Waals surface area contributed by atoms with Crippen LogP contribution in [0.1, 0.15) is 0 Å². The highest BCUT2D eigenvalue weighted by Crippen LogP contribution is 2.41. The minimum atomic E-state index is -0.527. The Morgan fingerprint density at radius 3 is 2.64 bits per heavy atom. The summed E-state index contributed by atoms with van der Waals surface area (Å²) in [5.74, 6) is 1.00. The third-order valence-corrected chi connectivity index (χ3v) is 1.87. The molecule has 6 heteroatoms. The quantitative estimate of drug-likeness (QED) is 0.528. The topological polar surface area (TPSA) is 70.8 Å². The van der Waals surface area contributed by atoms with E-state index in [2.05, 4.69) is 0 Å². The second-order valence-electron chi connectivity index (χ2n) is 2.63. The lowest BCUT2D eigenvalue weighted by Crippen LogP contribution is -1.93. The van der Waals surface area contributed by atoms with Crippen LogP contribution in [-0.2, 0) is 0 Å². The first kappa shape index (κ1) is 8.61. The summed E-state index contributed by atoms with van der Waals surface area (Å²) in [5.41, 5.74) is -0.128. The summed E-state index contributed by atoms with van der Waals surface area (Å²) in [6.07, 6.45) is 0. The lowest BCUT2D eigenvalue weighted by atomic mass is 10.2. The van der Waals surface area contributed by atoms with Crippen molar-refractivity contribution in [3.63, 3.8) is 0 Å². The lowest BCUT2D eigenvalue weighted by molar-refractivity contribution is -0.385. The molecule has 6 nitrogen and oxygen atoms in total. The van der Waals surface area contributed by atoms with Crippen molar-refractivity contribution < 1.29 is 19.1 Å². The van der Waals surface area contributed by atoms with Gasteiger partial charge in [0.25, 0.3) is 0 Å². The molecular weight excluding hydrogens is 190 g/mol. The zero-order valence-electron chi connectivity index (χ0n) is 7.35. The van der Waals surface area contributed by atoms with Crippen LogP contribution in [0.25, 0.3) is 0 Å². The van der Waals surface area contributed by atoms with Gasteiger partial charge in [0.15, 0.2) is 11.5 Å². The average Bonchev–Trinajstić information content (AvgIpc) is 2.62. The maximum Gasteiger partial charge on any atom is 0.314 e. The predicted molar refractivity (Wildman–Crippen MR) is 45.8 cm³/mol. The number of rotatable bonds is 2. The van der Waals surface area contributed by atoms with Crippen LogP contribution in [0.15, 0.2) is 12.1 Å². The van der Waals surface area contributed by atoms with Crippen molar-refractivity contribution in [3.05, 3.63) is 22.2 Å². The molecule has 0 amide bonds. The Hall–Kier alpha value is -1.98. The van der Waals surface area contributed by atoms with Gasteiger partial charge in [0.05, 0.1) is 18.1 Å². The van der Waals surface area contributed by atoms with Crippen LogP contribution in [0.2, 0.25) is 0 Å². The molecule has 0 saturated carbocycles. The number of fused-ring (bicyclic) bond motifs is 1. The summed E-state index contributed by atoms with van der Waals surface area (Å²) in [4.78, 5) is 10.1. The second-order valence-corrected chi connectivity index (χ2v) is 2.63. The fourth-order valence-corrected chi connectivity index (χ4v) is 1.22. The van der Waals surface area contributed by atoms with Gasteiger partial charge in [-0.1, -0.05) is 0 Å². The molecule has 1 aromatic carbocycles. The maximum absolute atomic E-state index is 10.6. The molecule has 0 unspecified atom stereocenters. The van der Waals surface area contributed by atoms with Crippen molar-refractivity contribution in [1.29, 1.82) is 0 Å². The first-order valence-electron chi connectivity index (χ1n) is 3.84. The van der Waals surface area contributed by atoms with E-state index in [1.54, 1.807) is 0 Å². The van der Waals surface area contributed by atoms with Gasteiger partial charge in [-0.2, -0.15) is 0 Å². The molecule has 0 aliphatic carbocycles. The van der Waals surface area contributed by atoms with Gasteiger partial charge in [0.2, 0.25) is 12.5 Å². The highest BCUT2D eigenvalue weighted by atomic mass is 16.7. The van der Waals surface area contributed by atoms with Crippen LogP contribution >= 0.6 is 0 Å². The molecule has 74 valence electrons. The van der Waals surface area contributed by atoms with Gasteiger partial charge < -0.3 is 14.2 Å². The molecule has 1 aliphatic rings. The molecule has 14 heavy (non-hydrogen) atoms. The molecule has 0 spiro atoms. The lowest BCUT2D eigenvalue weighted by Gasteiger charge is -2.02. The van der Waals surface area contributed by atoms with Crippen LogP contribution in [0.3, 0.4) is 0 Å². The Kier molecular flexibility index (Phi) is 1.88. The standard InChI is InChI=1S/C8H7NO5/c1-12-6-3-8-7(13-4-14-8)2-5(6)9(10)11/h2-3H,4H2,1H3. The first-order chi connectivity index (χ1) is 6.72. The normalized spacial score (nSPS) is 12.6.